The van der Waals surface area contributed by atoms with Crippen molar-refractivity contribution in [1.82, 2.24) is 16.0 Å². The van der Waals surface area contributed by atoms with Gasteiger partial charge in [0.2, 0.25) is 0 Å². The SMILES string of the molecule is CCNC(=NCC(C)(O)c1ccsc1)NCCCNC(=O)c1ccccc1. The molecule has 6 nitrogen and oxygen atoms in total. The highest BCUT2D eigenvalue weighted by Crippen LogP contribution is 2.23. The van der Waals surface area contributed by atoms with Gasteiger partial charge in [-0.05, 0) is 54.8 Å². The summed E-state index contributed by atoms with van der Waals surface area (Å²) in [5.41, 5.74) is 0.540. The van der Waals surface area contributed by atoms with E-state index < -0.39 is 5.60 Å². The number of carbonyl (C=O) groups is 1. The molecule has 0 spiro atoms. The third-order valence-corrected chi connectivity index (χ3v) is 4.68. The van der Waals surface area contributed by atoms with Crippen molar-refractivity contribution in [3.05, 3.63) is 58.3 Å². The van der Waals surface area contributed by atoms with Crippen LogP contribution in [-0.4, -0.2) is 43.2 Å². The van der Waals surface area contributed by atoms with Crippen molar-refractivity contribution in [3.8, 4) is 0 Å². The van der Waals surface area contributed by atoms with Crippen molar-refractivity contribution in [2.75, 3.05) is 26.2 Å². The molecule has 2 aromatic rings. The summed E-state index contributed by atoms with van der Waals surface area (Å²) in [5.74, 6) is 0.588. The van der Waals surface area contributed by atoms with Gasteiger partial charge >= 0.3 is 0 Å². The Bertz CT molecular complexity index is 715. The Labute approximate surface area is 164 Å². The molecule has 146 valence electrons. The quantitative estimate of drug-likeness (QED) is 0.302. The lowest BCUT2D eigenvalue weighted by Gasteiger charge is -2.21. The average Bonchev–Trinajstić information content (AvgIpc) is 3.22. The molecule has 7 heteroatoms. The fourth-order valence-electron chi connectivity index (χ4n) is 2.43. The van der Waals surface area contributed by atoms with Gasteiger partial charge in [-0.2, -0.15) is 11.3 Å². The Morgan fingerprint density at radius 2 is 1.89 bits per heavy atom. The summed E-state index contributed by atoms with van der Waals surface area (Å²) in [7, 11) is 0. The predicted octanol–water partition coefficient (Wildman–Crippen LogP) is 2.33. The fourth-order valence-corrected chi connectivity index (χ4v) is 3.21. The number of aliphatic imine (C=N–C) groups is 1. The Kier molecular flexibility index (Phi) is 8.29. The maximum Gasteiger partial charge on any atom is 0.251 e. The lowest BCUT2D eigenvalue weighted by Crippen LogP contribution is -2.40. The maximum absolute atomic E-state index is 12.0. The van der Waals surface area contributed by atoms with E-state index in [-0.39, 0.29) is 12.5 Å². The molecule has 1 amide bonds. The molecule has 0 aliphatic heterocycles. The molecule has 0 bridgehead atoms. The van der Waals surface area contributed by atoms with E-state index >= 15 is 0 Å². The van der Waals surface area contributed by atoms with Crippen LogP contribution in [0.2, 0.25) is 0 Å². The van der Waals surface area contributed by atoms with Crippen LogP contribution in [0, 0.1) is 0 Å². The third kappa shape index (κ3) is 7.03. The van der Waals surface area contributed by atoms with Crippen LogP contribution in [0.4, 0.5) is 0 Å². The average molecular weight is 389 g/mol. The van der Waals surface area contributed by atoms with Gasteiger partial charge in [-0.3, -0.25) is 4.79 Å². The predicted molar refractivity (Wildman–Crippen MR) is 111 cm³/mol. The van der Waals surface area contributed by atoms with E-state index in [9.17, 15) is 9.90 Å². The van der Waals surface area contributed by atoms with Crippen molar-refractivity contribution in [3.63, 3.8) is 0 Å². The second-order valence-electron chi connectivity index (χ2n) is 6.38. The molecule has 0 fully saturated rings. The number of hydrogen-bond donors (Lipinski definition) is 4. The Hall–Kier alpha value is -2.38. The van der Waals surface area contributed by atoms with E-state index in [2.05, 4.69) is 20.9 Å². The number of thiophene rings is 1. The number of aliphatic hydroxyl groups is 1. The molecule has 0 radical (unpaired) electrons. The van der Waals surface area contributed by atoms with E-state index in [0.29, 0.717) is 24.6 Å². The van der Waals surface area contributed by atoms with Gasteiger partial charge in [0, 0.05) is 25.2 Å². The van der Waals surface area contributed by atoms with Crippen LogP contribution in [0.25, 0.3) is 0 Å². The van der Waals surface area contributed by atoms with E-state index in [1.54, 1.807) is 30.4 Å². The van der Waals surface area contributed by atoms with Gasteiger partial charge in [-0.15, -0.1) is 0 Å². The second-order valence-corrected chi connectivity index (χ2v) is 7.16. The number of hydrogen-bond acceptors (Lipinski definition) is 4. The summed E-state index contributed by atoms with van der Waals surface area (Å²) in [5, 5.41) is 23.7. The van der Waals surface area contributed by atoms with E-state index in [0.717, 1.165) is 18.5 Å². The lowest BCUT2D eigenvalue weighted by atomic mass is 10.00. The van der Waals surface area contributed by atoms with Gasteiger partial charge in [0.05, 0.1) is 6.54 Å². The number of nitrogens with one attached hydrogen (secondary N) is 3. The highest BCUT2D eigenvalue weighted by molar-refractivity contribution is 7.08. The van der Waals surface area contributed by atoms with Gasteiger partial charge in [-0.1, -0.05) is 18.2 Å². The van der Waals surface area contributed by atoms with E-state index in [1.807, 2.05) is 41.9 Å². The van der Waals surface area contributed by atoms with Crippen LogP contribution in [0.3, 0.4) is 0 Å². The third-order valence-electron chi connectivity index (χ3n) is 4.00. The first-order valence-electron chi connectivity index (χ1n) is 9.13. The van der Waals surface area contributed by atoms with Crippen LogP contribution >= 0.6 is 11.3 Å². The zero-order valence-corrected chi connectivity index (χ0v) is 16.7. The summed E-state index contributed by atoms with van der Waals surface area (Å²) in [6, 6.07) is 11.1. The maximum atomic E-state index is 12.0. The number of amides is 1. The molecule has 1 unspecified atom stereocenters. The van der Waals surface area contributed by atoms with Crippen LogP contribution in [0.1, 0.15) is 36.2 Å². The number of nitrogens with zero attached hydrogens (tertiary/aromatic N) is 1. The van der Waals surface area contributed by atoms with Gasteiger partial charge < -0.3 is 21.1 Å². The molecule has 0 saturated heterocycles. The first-order valence-corrected chi connectivity index (χ1v) is 10.1. The summed E-state index contributed by atoms with van der Waals surface area (Å²) in [6.45, 7) is 6.00. The smallest absolute Gasteiger partial charge is 0.251 e. The van der Waals surface area contributed by atoms with Gasteiger partial charge in [0.15, 0.2) is 5.96 Å². The highest BCUT2D eigenvalue weighted by Gasteiger charge is 2.23. The molecule has 2 rings (SSSR count). The molecule has 4 N–H and O–H groups in total. The molecular weight excluding hydrogens is 360 g/mol. The minimum Gasteiger partial charge on any atom is -0.383 e. The molecule has 27 heavy (non-hydrogen) atoms. The molecule has 1 aromatic heterocycles. The largest absolute Gasteiger partial charge is 0.383 e. The Morgan fingerprint density at radius 3 is 2.56 bits per heavy atom. The highest BCUT2D eigenvalue weighted by atomic mass is 32.1. The summed E-state index contributed by atoms with van der Waals surface area (Å²) in [4.78, 5) is 16.5. The van der Waals surface area contributed by atoms with Gasteiger partial charge in [0.25, 0.3) is 5.91 Å². The lowest BCUT2D eigenvalue weighted by molar-refractivity contribution is 0.0677. The monoisotopic (exact) mass is 388 g/mol. The summed E-state index contributed by atoms with van der Waals surface area (Å²) in [6.07, 6.45) is 0.768. The van der Waals surface area contributed by atoms with Gasteiger partial charge in [0.1, 0.15) is 5.60 Å². The molecule has 0 aliphatic rings. The molecular formula is C20H28N4O2S. The first-order chi connectivity index (χ1) is 13.0. The normalized spacial score (nSPS) is 13.7. The summed E-state index contributed by atoms with van der Waals surface area (Å²) < 4.78 is 0. The molecule has 1 heterocycles. The van der Waals surface area contributed by atoms with Gasteiger partial charge in [-0.25, -0.2) is 4.99 Å². The van der Waals surface area contributed by atoms with Crippen molar-refractivity contribution in [2.24, 2.45) is 4.99 Å². The number of carbonyl (C=O) groups excluding carboxylic acids is 1. The topological polar surface area (TPSA) is 85.8 Å². The molecule has 0 saturated carbocycles. The first kappa shape index (κ1) is 20.9. The second kappa shape index (κ2) is 10.7. The Morgan fingerprint density at radius 1 is 1.15 bits per heavy atom. The van der Waals surface area contributed by atoms with Crippen LogP contribution in [-0.2, 0) is 5.60 Å². The number of benzene rings is 1. The fraction of sp³-hybridized carbons (Fsp3) is 0.400. The van der Waals surface area contributed by atoms with Crippen LogP contribution in [0.15, 0.2) is 52.2 Å². The number of guanidine groups is 1. The van der Waals surface area contributed by atoms with Crippen molar-refractivity contribution in [2.45, 2.75) is 25.9 Å². The summed E-state index contributed by atoms with van der Waals surface area (Å²) >= 11 is 1.56. The van der Waals surface area contributed by atoms with Crippen molar-refractivity contribution < 1.29 is 9.90 Å². The van der Waals surface area contributed by atoms with E-state index in [1.165, 1.54) is 0 Å². The van der Waals surface area contributed by atoms with Crippen LogP contribution < -0.4 is 16.0 Å². The molecule has 1 atom stereocenters. The minimum atomic E-state index is -0.994. The standard InChI is InChI=1S/C20H28N4O2S/c1-3-21-19(24-15-20(2,26)17-10-13-27-14-17)23-12-7-11-22-18(25)16-8-5-4-6-9-16/h4-6,8-10,13-14,26H,3,7,11-12,15H2,1-2H3,(H,22,25)(H2,21,23,24). The van der Waals surface area contributed by atoms with Crippen molar-refractivity contribution in [1.29, 1.82) is 0 Å². The zero-order chi connectivity index (χ0) is 19.5. The zero-order valence-electron chi connectivity index (χ0n) is 15.9. The van der Waals surface area contributed by atoms with E-state index in [4.69, 9.17) is 0 Å². The Balaban J connectivity index is 1.75. The van der Waals surface area contributed by atoms with Crippen molar-refractivity contribution >= 4 is 23.2 Å². The molecule has 1 aromatic carbocycles. The number of rotatable bonds is 9. The van der Waals surface area contributed by atoms with Crippen LogP contribution in [0.5, 0.6) is 0 Å². The molecule has 0 aliphatic carbocycles. The minimum absolute atomic E-state index is 0.0667.